The second-order valence-corrected chi connectivity index (χ2v) is 3.46. The van der Waals surface area contributed by atoms with E-state index in [1.54, 1.807) is 18.2 Å². The van der Waals surface area contributed by atoms with Crippen LogP contribution in [0.25, 0.3) is 0 Å². The van der Waals surface area contributed by atoms with Crippen LogP contribution in [0.1, 0.15) is 12.0 Å². The van der Waals surface area contributed by atoms with Crippen molar-refractivity contribution in [2.75, 3.05) is 0 Å². The molecule has 1 saturated carbocycles. The third-order valence-corrected chi connectivity index (χ3v) is 2.62. The first-order chi connectivity index (χ1) is 6.51. The van der Waals surface area contributed by atoms with E-state index in [4.69, 9.17) is 5.11 Å². The summed E-state index contributed by atoms with van der Waals surface area (Å²) in [5.74, 6) is -4.56. The largest absolute Gasteiger partial charge is 0.480 e. The van der Waals surface area contributed by atoms with Crippen LogP contribution in [0, 0.1) is 0 Å². The van der Waals surface area contributed by atoms with E-state index in [0.29, 0.717) is 0 Å². The van der Waals surface area contributed by atoms with Gasteiger partial charge in [-0.25, -0.2) is 8.78 Å². The molecule has 2 rings (SSSR count). The van der Waals surface area contributed by atoms with E-state index in [1.165, 1.54) is 12.1 Å². The number of carboxylic acid groups (broad SMARTS) is 1. The minimum absolute atomic E-state index is 0.178. The van der Waals surface area contributed by atoms with Crippen molar-refractivity contribution in [2.24, 2.45) is 0 Å². The lowest BCUT2D eigenvalue weighted by atomic mass is 9.96. The highest BCUT2D eigenvalue weighted by molar-refractivity contribution is 5.87. The van der Waals surface area contributed by atoms with E-state index in [0.717, 1.165) is 0 Å². The highest BCUT2D eigenvalue weighted by Gasteiger charge is 2.77. The third kappa shape index (κ3) is 0.967. The normalized spacial score (nSPS) is 28.4. The molecular formula is C10H8F2O2. The Morgan fingerprint density at radius 3 is 2.14 bits per heavy atom. The Balaban J connectivity index is 2.47. The van der Waals surface area contributed by atoms with Crippen LogP contribution >= 0.6 is 0 Å². The molecule has 0 unspecified atom stereocenters. The molecule has 4 heteroatoms. The maximum absolute atomic E-state index is 13.0. The Kier molecular flexibility index (Phi) is 1.65. The number of alkyl halides is 2. The van der Waals surface area contributed by atoms with Crippen molar-refractivity contribution in [3.8, 4) is 0 Å². The molecule has 14 heavy (non-hydrogen) atoms. The molecule has 1 atom stereocenters. The van der Waals surface area contributed by atoms with Crippen molar-refractivity contribution in [1.82, 2.24) is 0 Å². The monoisotopic (exact) mass is 198 g/mol. The van der Waals surface area contributed by atoms with E-state index in [2.05, 4.69) is 0 Å². The number of rotatable bonds is 2. The van der Waals surface area contributed by atoms with Crippen LogP contribution in [0.2, 0.25) is 0 Å². The van der Waals surface area contributed by atoms with Crippen molar-refractivity contribution in [3.63, 3.8) is 0 Å². The van der Waals surface area contributed by atoms with Gasteiger partial charge in [-0.05, 0) is 5.56 Å². The molecule has 74 valence electrons. The van der Waals surface area contributed by atoms with Crippen molar-refractivity contribution in [3.05, 3.63) is 35.9 Å². The number of hydrogen-bond acceptors (Lipinski definition) is 1. The van der Waals surface area contributed by atoms with E-state index in [9.17, 15) is 13.6 Å². The zero-order valence-electron chi connectivity index (χ0n) is 7.21. The molecule has 0 amide bonds. The molecule has 1 aliphatic rings. The molecule has 0 saturated heterocycles. The fourth-order valence-corrected chi connectivity index (χ4v) is 1.68. The van der Waals surface area contributed by atoms with Crippen LogP contribution in [0.4, 0.5) is 8.78 Å². The van der Waals surface area contributed by atoms with Gasteiger partial charge in [0.05, 0.1) is 0 Å². The molecule has 1 aromatic rings. The van der Waals surface area contributed by atoms with Crippen molar-refractivity contribution < 1.29 is 18.7 Å². The number of hydrogen-bond donors (Lipinski definition) is 1. The van der Waals surface area contributed by atoms with Crippen LogP contribution in [-0.2, 0) is 10.2 Å². The van der Waals surface area contributed by atoms with Crippen LogP contribution in [0.3, 0.4) is 0 Å². The van der Waals surface area contributed by atoms with Gasteiger partial charge in [-0.3, -0.25) is 4.79 Å². The van der Waals surface area contributed by atoms with Gasteiger partial charge in [0.2, 0.25) is 0 Å². The molecule has 0 bridgehead atoms. The molecule has 0 heterocycles. The minimum Gasteiger partial charge on any atom is -0.480 e. The summed E-state index contributed by atoms with van der Waals surface area (Å²) in [6.45, 7) is 0. The van der Waals surface area contributed by atoms with Gasteiger partial charge in [-0.15, -0.1) is 0 Å². The third-order valence-electron chi connectivity index (χ3n) is 2.62. The van der Waals surface area contributed by atoms with Crippen LogP contribution in [0.5, 0.6) is 0 Å². The predicted octanol–water partition coefficient (Wildman–Crippen LogP) is 2.05. The van der Waals surface area contributed by atoms with Gasteiger partial charge >= 0.3 is 5.97 Å². The topological polar surface area (TPSA) is 37.3 Å². The second-order valence-electron chi connectivity index (χ2n) is 3.46. The average molecular weight is 198 g/mol. The lowest BCUT2D eigenvalue weighted by Gasteiger charge is -2.10. The van der Waals surface area contributed by atoms with E-state index >= 15 is 0 Å². The first-order valence-corrected chi connectivity index (χ1v) is 4.17. The lowest BCUT2D eigenvalue weighted by molar-refractivity contribution is -0.142. The number of carboxylic acids is 1. The summed E-state index contributed by atoms with van der Waals surface area (Å²) in [7, 11) is 0. The highest BCUT2D eigenvalue weighted by Crippen LogP contribution is 2.61. The summed E-state index contributed by atoms with van der Waals surface area (Å²) in [5, 5.41) is 8.81. The zero-order valence-corrected chi connectivity index (χ0v) is 7.21. The van der Waals surface area contributed by atoms with E-state index in [-0.39, 0.29) is 5.56 Å². The Hall–Kier alpha value is -1.45. The number of benzene rings is 1. The molecular weight excluding hydrogens is 190 g/mol. The molecule has 0 aliphatic heterocycles. The molecule has 0 aromatic heterocycles. The number of aliphatic carboxylic acids is 1. The summed E-state index contributed by atoms with van der Waals surface area (Å²) >= 11 is 0. The average Bonchev–Trinajstić information content (AvgIpc) is 2.72. The predicted molar refractivity (Wildman–Crippen MR) is 45.3 cm³/mol. The first kappa shape index (κ1) is 9.12. The maximum atomic E-state index is 13.0. The maximum Gasteiger partial charge on any atom is 0.320 e. The minimum atomic E-state index is -3.11. The van der Waals surface area contributed by atoms with Crippen LogP contribution in [0.15, 0.2) is 30.3 Å². The SMILES string of the molecule is O=C(O)[C@]1(c2ccccc2)CC1(F)F. The first-order valence-electron chi connectivity index (χ1n) is 4.17. The van der Waals surface area contributed by atoms with Crippen LogP contribution < -0.4 is 0 Å². The van der Waals surface area contributed by atoms with Gasteiger partial charge in [-0.2, -0.15) is 0 Å². The van der Waals surface area contributed by atoms with Gasteiger partial charge in [-0.1, -0.05) is 30.3 Å². The van der Waals surface area contributed by atoms with E-state index in [1.807, 2.05) is 0 Å². The van der Waals surface area contributed by atoms with Crippen molar-refractivity contribution in [2.45, 2.75) is 17.8 Å². The lowest BCUT2D eigenvalue weighted by Crippen LogP contribution is -2.26. The van der Waals surface area contributed by atoms with Gasteiger partial charge in [0.25, 0.3) is 5.92 Å². The molecule has 1 aromatic carbocycles. The summed E-state index contributed by atoms with van der Waals surface area (Å²) in [6.07, 6.45) is -0.598. The fraction of sp³-hybridized carbons (Fsp3) is 0.300. The molecule has 1 aliphatic carbocycles. The molecule has 0 radical (unpaired) electrons. The Morgan fingerprint density at radius 2 is 1.79 bits per heavy atom. The quantitative estimate of drug-likeness (QED) is 0.789. The van der Waals surface area contributed by atoms with Crippen molar-refractivity contribution >= 4 is 5.97 Å². The smallest absolute Gasteiger partial charge is 0.320 e. The molecule has 1 N–H and O–H groups in total. The summed E-state index contributed by atoms with van der Waals surface area (Å²) in [6, 6.07) is 7.65. The summed E-state index contributed by atoms with van der Waals surface area (Å²) in [5.41, 5.74) is -1.80. The Morgan fingerprint density at radius 1 is 1.29 bits per heavy atom. The fourth-order valence-electron chi connectivity index (χ4n) is 1.68. The van der Waals surface area contributed by atoms with Gasteiger partial charge in [0.1, 0.15) is 0 Å². The highest BCUT2D eigenvalue weighted by atomic mass is 19.3. The Labute approximate surface area is 79.2 Å². The van der Waals surface area contributed by atoms with Gasteiger partial charge in [0.15, 0.2) is 5.41 Å². The molecule has 1 fully saturated rings. The van der Waals surface area contributed by atoms with Crippen molar-refractivity contribution in [1.29, 1.82) is 0 Å². The number of halogens is 2. The number of carbonyl (C=O) groups is 1. The van der Waals surface area contributed by atoms with Gasteiger partial charge in [0, 0.05) is 6.42 Å². The Bertz CT molecular complexity index is 375. The molecule has 0 spiro atoms. The van der Waals surface area contributed by atoms with E-state index < -0.39 is 23.7 Å². The van der Waals surface area contributed by atoms with Gasteiger partial charge < -0.3 is 5.11 Å². The summed E-state index contributed by atoms with van der Waals surface area (Å²) in [4.78, 5) is 10.8. The second kappa shape index (κ2) is 2.53. The van der Waals surface area contributed by atoms with Crippen LogP contribution in [-0.4, -0.2) is 17.0 Å². The zero-order chi connectivity index (χ0) is 10.4. The molecule has 2 nitrogen and oxygen atoms in total. The summed E-state index contributed by atoms with van der Waals surface area (Å²) < 4.78 is 26.0. The standard InChI is InChI=1S/C10H8F2O2/c11-10(12)6-9(10,8(13)14)7-4-2-1-3-5-7/h1-5H,6H2,(H,13,14)/t9-/m1/s1.